The van der Waals surface area contributed by atoms with E-state index in [0.29, 0.717) is 18.3 Å². The van der Waals surface area contributed by atoms with Crippen molar-refractivity contribution in [2.45, 2.75) is 25.3 Å². The second-order valence-corrected chi connectivity index (χ2v) is 5.19. The molecule has 0 bridgehead atoms. The fourth-order valence-corrected chi connectivity index (χ4v) is 2.89. The van der Waals surface area contributed by atoms with E-state index in [1.54, 1.807) is 0 Å². The Morgan fingerprint density at radius 2 is 2.20 bits per heavy atom. The van der Waals surface area contributed by atoms with Crippen LogP contribution < -0.4 is 20.7 Å². The van der Waals surface area contributed by atoms with Gasteiger partial charge in [-0.05, 0) is 18.8 Å². The Bertz CT molecular complexity index is 523. The van der Waals surface area contributed by atoms with Gasteiger partial charge in [-0.3, -0.25) is 4.79 Å². The third-order valence-electron chi connectivity index (χ3n) is 3.91. The van der Waals surface area contributed by atoms with Crippen molar-refractivity contribution < 1.29 is 9.53 Å². The lowest BCUT2D eigenvalue weighted by Gasteiger charge is -2.41. The molecule has 1 aromatic heterocycles. The van der Waals surface area contributed by atoms with Crippen molar-refractivity contribution >= 4 is 17.8 Å². The Kier molecular flexibility index (Phi) is 3.29. The first-order valence-corrected chi connectivity index (χ1v) is 6.75. The van der Waals surface area contributed by atoms with Crippen LogP contribution in [0.25, 0.3) is 0 Å². The van der Waals surface area contributed by atoms with Gasteiger partial charge < -0.3 is 20.7 Å². The van der Waals surface area contributed by atoms with Gasteiger partial charge >= 0.3 is 6.01 Å². The van der Waals surface area contributed by atoms with Crippen LogP contribution in [0.2, 0.25) is 0 Å². The average molecular weight is 278 g/mol. The summed E-state index contributed by atoms with van der Waals surface area (Å²) in [5, 5.41) is 3.06. The molecular formula is C12H18N6O2. The summed E-state index contributed by atoms with van der Waals surface area (Å²) in [7, 11) is 1.50. The number of carbonyl (C=O) groups is 1. The number of carbonyl (C=O) groups excluding carboxylic acids is 1. The van der Waals surface area contributed by atoms with E-state index >= 15 is 0 Å². The Morgan fingerprint density at radius 1 is 1.35 bits per heavy atom. The number of nitrogens with zero attached hydrogens (tertiary/aromatic N) is 4. The van der Waals surface area contributed by atoms with Crippen LogP contribution in [0.1, 0.15) is 19.3 Å². The molecule has 3 N–H and O–H groups in total. The van der Waals surface area contributed by atoms with Crippen LogP contribution in [-0.4, -0.2) is 47.1 Å². The highest BCUT2D eigenvalue weighted by Crippen LogP contribution is 2.27. The van der Waals surface area contributed by atoms with Crippen molar-refractivity contribution in [3.8, 4) is 6.01 Å². The molecule has 2 saturated heterocycles. The molecule has 0 saturated carbocycles. The summed E-state index contributed by atoms with van der Waals surface area (Å²) in [6.07, 6.45) is 2.40. The van der Waals surface area contributed by atoms with E-state index in [1.165, 1.54) is 7.11 Å². The van der Waals surface area contributed by atoms with Gasteiger partial charge in [-0.2, -0.15) is 15.0 Å². The number of fused-ring (bicyclic) bond motifs is 1. The average Bonchev–Trinajstić information content (AvgIpc) is 2.46. The molecule has 8 heteroatoms. The van der Waals surface area contributed by atoms with Crippen molar-refractivity contribution in [3.63, 3.8) is 0 Å². The molecule has 108 valence electrons. The molecule has 2 fully saturated rings. The number of hydrogen-bond donors (Lipinski definition) is 2. The number of piperidine rings is 2. The number of rotatable bonds is 2. The van der Waals surface area contributed by atoms with Gasteiger partial charge in [0.2, 0.25) is 17.8 Å². The first-order chi connectivity index (χ1) is 9.65. The molecule has 2 aliphatic heterocycles. The van der Waals surface area contributed by atoms with Gasteiger partial charge in [-0.1, -0.05) is 0 Å². The molecule has 3 heterocycles. The maximum absolute atomic E-state index is 11.4. The quantitative estimate of drug-likeness (QED) is 0.755. The van der Waals surface area contributed by atoms with Gasteiger partial charge in [-0.15, -0.1) is 0 Å². The van der Waals surface area contributed by atoms with E-state index in [0.717, 1.165) is 25.9 Å². The molecule has 1 aromatic rings. The zero-order valence-corrected chi connectivity index (χ0v) is 11.4. The van der Waals surface area contributed by atoms with Crippen molar-refractivity contribution in [1.29, 1.82) is 0 Å². The Balaban J connectivity index is 1.76. The monoisotopic (exact) mass is 278 g/mol. The molecule has 1 amide bonds. The van der Waals surface area contributed by atoms with Crippen LogP contribution in [0.3, 0.4) is 0 Å². The molecule has 20 heavy (non-hydrogen) atoms. The normalized spacial score (nSPS) is 25.9. The predicted octanol–water partition coefficient (Wildman–Crippen LogP) is -0.433. The fourth-order valence-electron chi connectivity index (χ4n) is 2.89. The third kappa shape index (κ3) is 2.45. The van der Waals surface area contributed by atoms with Crippen LogP contribution in [0.5, 0.6) is 6.01 Å². The van der Waals surface area contributed by atoms with Gasteiger partial charge in [0.05, 0.1) is 7.11 Å². The van der Waals surface area contributed by atoms with Gasteiger partial charge in [0.25, 0.3) is 0 Å². The number of anilines is 2. The molecule has 0 aromatic carbocycles. The molecular weight excluding hydrogens is 260 g/mol. The highest BCUT2D eigenvalue weighted by molar-refractivity contribution is 5.77. The van der Waals surface area contributed by atoms with E-state index in [2.05, 4.69) is 25.2 Å². The van der Waals surface area contributed by atoms with Gasteiger partial charge in [0.15, 0.2) is 0 Å². The van der Waals surface area contributed by atoms with Crippen molar-refractivity contribution in [3.05, 3.63) is 0 Å². The Morgan fingerprint density at radius 3 is 3.00 bits per heavy atom. The SMILES string of the molecule is COc1nc(N)nc(N2CCC3NC(=O)CCC3C2)n1. The molecule has 2 unspecified atom stereocenters. The summed E-state index contributed by atoms with van der Waals surface area (Å²) in [5.41, 5.74) is 5.67. The third-order valence-corrected chi connectivity index (χ3v) is 3.91. The lowest BCUT2D eigenvalue weighted by molar-refractivity contribution is -0.124. The van der Waals surface area contributed by atoms with E-state index < -0.39 is 0 Å². The number of nitrogens with one attached hydrogen (secondary N) is 1. The number of amides is 1. The van der Waals surface area contributed by atoms with Crippen LogP contribution >= 0.6 is 0 Å². The molecule has 8 nitrogen and oxygen atoms in total. The van der Waals surface area contributed by atoms with E-state index in [-0.39, 0.29) is 23.9 Å². The van der Waals surface area contributed by atoms with Crippen LogP contribution in [0.15, 0.2) is 0 Å². The maximum atomic E-state index is 11.4. The highest BCUT2D eigenvalue weighted by atomic mass is 16.5. The second-order valence-electron chi connectivity index (χ2n) is 5.19. The summed E-state index contributed by atoms with van der Waals surface area (Å²) in [6, 6.07) is 0.500. The van der Waals surface area contributed by atoms with Gasteiger partial charge in [0, 0.05) is 25.6 Å². The number of ether oxygens (including phenoxy) is 1. The van der Waals surface area contributed by atoms with Gasteiger partial charge in [0.1, 0.15) is 0 Å². The molecule has 0 aliphatic carbocycles. The van der Waals surface area contributed by atoms with Crippen LogP contribution in [-0.2, 0) is 4.79 Å². The summed E-state index contributed by atoms with van der Waals surface area (Å²) in [6.45, 7) is 1.60. The number of nitrogens with two attached hydrogens (primary N) is 1. The van der Waals surface area contributed by atoms with E-state index in [1.807, 2.05) is 0 Å². The first kappa shape index (κ1) is 12.9. The molecule has 2 aliphatic rings. The minimum Gasteiger partial charge on any atom is -0.467 e. The van der Waals surface area contributed by atoms with E-state index in [4.69, 9.17) is 10.5 Å². The number of methoxy groups -OCH3 is 1. The highest BCUT2D eigenvalue weighted by Gasteiger charge is 2.34. The summed E-state index contributed by atoms with van der Waals surface area (Å²) in [4.78, 5) is 25.8. The standard InChI is InChI=1S/C12H18N6O2/c1-20-12-16-10(13)15-11(17-12)18-5-4-8-7(6-18)2-3-9(19)14-8/h7-8H,2-6H2,1H3,(H,14,19)(H2,13,15,16,17). The predicted molar refractivity (Wildman–Crippen MR) is 72.3 cm³/mol. The lowest BCUT2D eigenvalue weighted by atomic mass is 9.85. The van der Waals surface area contributed by atoms with Crippen molar-refractivity contribution in [1.82, 2.24) is 20.3 Å². The zero-order chi connectivity index (χ0) is 14.1. The smallest absolute Gasteiger partial charge is 0.322 e. The topological polar surface area (TPSA) is 106 Å². The van der Waals surface area contributed by atoms with Crippen molar-refractivity contribution in [2.24, 2.45) is 5.92 Å². The number of aromatic nitrogens is 3. The van der Waals surface area contributed by atoms with Crippen LogP contribution in [0, 0.1) is 5.92 Å². The van der Waals surface area contributed by atoms with Crippen LogP contribution in [0.4, 0.5) is 11.9 Å². The fraction of sp³-hybridized carbons (Fsp3) is 0.667. The zero-order valence-electron chi connectivity index (χ0n) is 11.4. The molecule has 3 rings (SSSR count). The first-order valence-electron chi connectivity index (χ1n) is 6.75. The summed E-state index contributed by atoms with van der Waals surface area (Å²) in [5.74, 6) is 1.30. The molecule has 0 radical (unpaired) electrons. The van der Waals surface area contributed by atoms with E-state index in [9.17, 15) is 4.79 Å². The molecule has 2 atom stereocenters. The minimum absolute atomic E-state index is 0.158. The maximum Gasteiger partial charge on any atom is 0.322 e. The minimum atomic E-state index is 0.158. The summed E-state index contributed by atoms with van der Waals surface area (Å²) >= 11 is 0. The Hall–Kier alpha value is -2.12. The Labute approximate surface area is 116 Å². The number of hydrogen-bond acceptors (Lipinski definition) is 7. The second kappa shape index (κ2) is 5.10. The number of nitrogen functional groups attached to an aromatic ring is 1. The van der Waals surface area contributed by atoms with Crippen molar-refractivity contribution in [2.75, 3.05) is 30.8 Å². The van der Waals surface area contributed by atoms with Gasteiger partial charge in [-0.25, -0.2) is 0 Å². The lowest BCUT2D eigenvalue weighted by Crippen LogP contribution is -2.54. The summed E-state index contributed by atoms with van der Waals surface area (Å²) < 4.78 is 5.02. The molecule has 0 spiro atoms. The largest absolute Gasteiger partial charge is 0.467 e.